The molecule has 1 aromatic rings. The average Bonchev–Trinajstić information content (AvgIpc) is 3.17. The van der Waals surface area contributed by atoms with Crippen LogP contribution in [0.15, 0.2) is 16.7 Å². The minimum Gasteiger partial charge on any atom is -0.469 e. The van der Waals surface area contributed by atoms with E-state index in [1.165, 1.54) is 14.0 Å². The van der Waals surface area contributed by atoms with Crippen LogP contribution in [0.4, 0.5) is 0 Å². The highest BCUT2D eigenvalue weighted by Gasteiger charge is 2.58. The Balaban J connectivity index is 1.90. The first-order valence-electron chi connectivity index (χ1n) is 11.0. The van der Waals surface area contributed by atoms with Gasteiger partial charge in [0, 0.05) is 12.5 Å². The second-order valence-electron chi connectivity index (χ2n) is 9.53. The van der Waals surface area contributed by atoms with Crippen molar-refractivity contribution in [2.45, 2.75) is 65.7 Å². The molecule has 3 rings (SSSR count). The van der Waals surface area contributed by atoms with E-state index >= 15 is 0 Å². The van der Waals surface area contributed by atoms with Crippen molar-refractivity contribution in [2.24, 2.45) is 28.6 Å². The SMILES string of the molecule is COC(=O)C1(C)CCCC2(C)C(CCc3ccoc3C=O)C(COC(C)=O)CCC12. The molecule has 6 heteroatoms. The molecule has 0 saturated heterocycles. The van der Waals surface area contributed by atoms with Gasteiger partial charge in [-0.3, -0.25) is 14.4 Å². The van der Waals surface area contributed by atoms with Gasteiger partial charge in [-0.15, -0.1) is 0 Å². The van der Waals surface area contributed by atoms with E-state index in [1.807, 2.05) is 6.07 Å². The Kier molecular flexibility index (Phi) is 6.73. The molecule has 30 heavy (non-hydrogen) atoms. The van der Waals surface area contributed by atoms with Gasteiger partial charge < -0.3 is 13.9 Å². The third-order valence-corrected chi connectivity index (χ3v) is 7.98. The lowest BCUT2D eigenvalue weighted by Crippen LogP contribution is -2.55. The van der Waals surface area contributed by atoms with Crippen LogP contribution in [0, 0.1) is 28.6 Å². The summed E-state index contributed by atoms with van der Waals surface area (Å²) in [5.74, 6) is 0.735. The molecule has 0 radical (unpaired) electrons. The Labute approximate surface area is 178 Å². The van der Waals surface area contributed by atoms with Crippen LogP contribution >= 0.6 is 0 Å². The lowest BCUT2D eigenvalue weighted by Gasteiger charge is -2.59. The van der Waals surface area contributed by atoms with Gasteiger partial charge in [0.1, 0.15) is 0 Å². The maximum atomic E-state index is 12.8. The number of furan rings is 1. The van der Waals surface area contributed by atoms with Gasteiger partial charge in [0.05, 0.1) is 25.4 Å². The maximum Gasteiger partial charge on any atom is 0.311 e. The fourth-order valence-electron chi connectivity index (χ4n) is 6.56. The van der Waals surface area contributed by atoms with Crippen molar-refractivity contribution >= 4 is 18.2 Å². The van der Waals surface area contributed by atoms with Gasteiger partial charge in [0.25, 0.3) is 0 Å². The zero-order chi connectivity index (χ0) is 21.9. The molecule has 2 fully saturated rings. The van der Waals surface area contributed by atoms with Crippen LogP contribution in [-0.2, 0) is 25.5 Å². The molecular formula is C24H34O6. The van der Waals surface area contributed by atoms with Crippen molar-refractivity contribution in [3.8, 4) is 0 Å². The van der Waals surface area contributed by atoms with E-state index in [0.29, 0.717) is 12.4 Å². The van der Waals surface area contributed by atoms with Crippen LogP contribution in [0.1, 0.15) is 75.4 Å². The number of rotatable bonds is 7. The van der Waals surface area contributed by atoms with E-state index in [4.69, 9.17) is 13.9 Å². The normalized spacial score (nSPS) is 33.4. The second kappa shape index (κ2) is 8.94. The quantitative estimate of drug-likeness (QED) is 0.475. The molecule has 6 nitrogen and oxygen atoms in total. The molecule has 2 aliphatic rings. The zero-order valence-electron chi connectivity index (χ0n) is 18.6. The van der Waals surface area contributed by atoms with Crippen LogP contribution < -0.4 is 0 Å². The van der Waals surface area contributed by atoms with Crippen LogP contribution in [-0.4, -0.2) is 31.9 Å². The summed E-state index contributed by atoms with van der Waals surface area (Å²) >= 11 is 0. The number of fused-ring (bicyclic) bond motifs is 1. The molecule has 2 saturated carbocycles. The van der Waals surface area contributed by atoms with Gasteiger partial charge in [0.2, 0.25) is 0 Å². The van der Waals surface area contributed by atoms with Crippen molar-refractivity contribution < 1.29 is 28.3 Å². The monoisotopic (exact) mass is 418 g/mol. The van der Waals surface area contributed by atoms with Crippen LogP contribution in [0.5, 0.6) is 0 Å². The molecule has 2 aliphatic carbocycles. The smallest absolute Gasteiger partial charge is 0.311 e. The summed E-state index contributed by atoms with van der Waals surface area (Å²) in [5.41, 5.74) is 0.360. The number of aryl methyl sites for hydroxylation is 1. The summed E-state index contributed by atoms with van der Waals surface area (Å²) in [6.07, 6.45) is 8.59. The van der Waals surface area contributed by atoms with Gasteiger partial charge in [-0.05, 0) is 74.7 Å². The lowest BCUT2D eigenvalue weighted by molar-refractivity contribution is -0.176. The van der Waals surface area contributed by atoms with Crippen molar-refractivity contribution in [3.63, 3.8) is 0 Å². The van der Waals surface area contributed by atoms with Crippen LogP contribution in [0.3, 0.4) is 0 Å². The highest BCUT2D eigenvalue weighted by molar-refractivity contribution is 5.77. The summed E-state index contributed by atoms with van der Waals surface area (Å²) in [6.45, 7) is 6.21. The Morgan fingerprint density at radius 2 is 2.03 bits per heavy atom. The number of esters is 2. The van der Waals surface area contributed by atoms with Crippen LogP contribution in [0.25, 0.3) is 0 Å². The molecule has 5 unspecified atom stereocenters. The van der Waals surface area contributed by atoms with Gasteiger partial charge in [-0.25, -0.2) is 0 Å². The Bertz CT molecular complexity index is 782. The highest BCUT2D eigenvalue weighted by atomic mass is 16.5. The Morgan fingerprint density at radius 3 is 2.70 bits per heavy atom. The minimum atomic E-state index is -0.490. The van der Waals surface area contributed by atoms with E-state index in [0.717, 1.165) is 56.8 Å². The number of hydrogen-bond donors (Lipinski definition) is 0. The molecule has 0 aliphatic heterocycles. The van der Waals surface area contributed by atoms with Gasteiger partial charge in [0.15, 0.2) is 12.0 Å². The molecule has 0 aromatic carbocycles. The number of hydrogen-bond acceptors (Lipinski definition) is 6. The third kappa shape index (κ3) is 4.06. The van der Waals surface area contributed by atoms with Crippen molar-refractivity contribution in [1.29, 1.82) is 0 Å². The van der Waals surface area contributed by atoms with Crippen molar-refractivity contribution in [2.75, 3.05) is 13.7 Å². The highest BCUT2D eigenvalue weighted by Crippen LogP contribution is 2.62. The van der Waals surface area contributed by atoms with Crippen molar-refractivity contribution in [1.82, 2.24) is 0 Å². The predicted molar refractivity (Wildman–Crippen MR) is 111 cm³/mol. The van der Waals surface area contributed by atoms with E-state index in [1.54, 1.807) is 6.26 Å². The number of carbonyl (C=O) groups is 3. The molecular weight excluding hydrogens is 384 g/mol. The largest absolute Gasteiger partial charge is 0.469 e. The summed E-state index contributed by atoms with van der Waals surface area (Å²) in [4.78, 5) is 35.5. The molecule has 0 amide bonds. The van der Waals surface area contributed by atoms with E-state index in [2.05, 4.69) is 13.8 Å². The second-order valence-corrected chi connectivity index (χ2v) is 9.53. The number of methoxy groups -OCH3 is 1. The zero-order valence-corrected chi connectivity index (χ0v) is 18.6. The van der Waals surface area contributed by atoms with Crippen LogP contribution in [0.2, 0.25) is 0 Å². The number of aldehydes is 1. The van der Waals surface area contributed by atoms with E-state index < -0.39 is 5.41 Å². The average molecular weight is 419 g/mol. The molecule has 0 bridgehead atoms. The topological polar surface area (TPSA) is 82.8 Å². The first-order valence-corrected chi connectivity index (χ1v) is 11.0. The molecule has 0 N–H and O–H groups in total. The van der Waals surface area contributed by atoms with Crippen molar-refractivity contribution in [3.05, 3.63) is 23.7 Å². The summed E-state index contributed by atoms with van der Waals surface area (Å²) < 4.78 is 15.9. The maximum absolute atomic E-state index is 12.8. The summed E-state index contributed by atoms with van der Waals surface area (Å²) in [6, 6.07) is 1.85. The lowest BCUT2D eigenvalue weighted by atomic mass is 9.45. The van der Waals surface area contributed by atoms with E-state index in [9.17, 15) is 14.4 Å². The number of carbonyl (C=O) groups excluding carboxylic acids is 3. The first kappa shape index (κ1) is 22.6. The fraction of sp³-hybridized carbons (Fsp3) is 0.708. The molecule has 0 spiro atoms. The van der Waals surface area contributed by atoms with Gasteiger partial charge in [-0.1, -0.05) is 13.3 Å². The standard InChI is InChI=1S/C24H34O6/c1-16(26)30-15-18-7-9-21-23(2,11-5-12-24(21,3)22(27)28-4)19(18)8-6-17-10-13-29-20(17)14-25/h10,13-14,18-19,21H,5-9,11-12,15H2,1-4H3. The molecule has 1 heterocycles. The Morgan fingerprint density at radius 1 is 1.27 bits per heavy atom. The predicted octanol–water partition coefficient (Wildman–Crippen LogP) is 4.60. The fourth-order valence-corrected chi connectivity index (χ4v) is 6.56. The Hall–Kier alpha value is -2.11. The first-order chi connectivity index (χ1) is 14.3. The minimum absolute atomic E-state index is 0.0602. The molecule has 5 atom stereocenters. The summed E-state index contributed by atoms with van der Waals surface area (Å²) in [7, 11) is 1.48. The third-order valence-electron chi connectivity index (χ3n) is 7.98. The molecule has 1 aromatic heterocycles. The molecule has 166 valence electrons. The van der Waals surface area contributed by atoms with E-state index in [-0.39, 0.29) is 35.1 Å². The summed E-state index contributed by atoms with van der Waals surface area (Å²) in [5, 5.41) is 0. The number of ether oxygens (including phenoxy) is 2. The van der Waals surface area contributed by atoms with Gasteiger partial charge in [-0.2, -0.15) is 0 Å². The van der Waals surface area contributed by atoms with Gasteiger partial charge >= 0.3 is 11.9 Å².